The van der Waals surface area contributed by atoms with Crippen LogP contribution in [0.4, 0.5) is 0 Å². The van der Waals surface area contributed by atoms with Crippen LogP contribution in [-0.4, -0.2) is 12.1 Å². The maximum Gasteiger partial charge on any atom is 0.311 e. The van der Waals surface area contributed by atoms with Gasteiger partial charge in [-0.25, -0.2) is 0 Å². The summed E-state index contributed by atoms with van der Waals surface area (Å²) in [6.45, 7) is 10.1. The molecular formula is C20H26O2. The molecule has 0 aromatic rings. The fourth-order valence-corrected chi connectivity index (χ4v) is 2.74. The second-order valence-electron chi connectivity index (χ2n) is 6.74. The number of hydrogen-bond donors (Lipinski definition) is 0. The van der Waals surface area contributed by atoms with E-state index in [1.165, 1.54) is 5.57 Å². The number of terminal acetylenes is 2. The number of esters is 1. The molecule has 0 N–H and O–H groups in total. The second-order valence-corrected chi connectivity index (χ2v) is 6.74. The lowest BCUT2D eigenvalue weighted by Gasteiger charge is -2.14. The van der Waals surface area contributed by atoms with Crippen molar-refractivity contribution in [3.63, 3.8) is 0 Å². The summed E-state index contributed by atoms with van der Waals surface area (Å²) in [5.41, 5.74) is 2.02. The summed E-state index contributed by atoms with van der Waals surface area (Å²) < 4.78 is 5.54. The van der Waals surface area contributed by atoms with Crippen LogP contribution in [0.3, 0.4) is 0 Å². The number of unbranched alkanes of at least 4 members (excludes halogenated alkanes) is 1. The fraction of sp³-hybridized carbons (Fsp3) is 0.550. The highest BCUT2D eigenvalue weighted by molar-refractivity contribution is 5.79. The Bertz CT molecular complexity index is 559. The molecule has 1 aliphatic carbocycles. The zero-order chi connectivity index (χ0) is 16.9. The topological polar surface area (TPSA) is 26.3 Å². The van der Waals surface area contributed by atoms with E-state index in [0.717, 1.165) is 12.0 Å². The summed E-state index contributed by atoms with van der Waals surface area (Å²) >= 11 is 0. The molecule has 1 rings (SSSR count). The van der Waals surface area contributed by atoms with E-state index in [-0.39, 0.29) is 23.2 Å². The average molecular weight is 298 g/mol. The van der Waals surface area contributed by atoms with Gasteiger partial charge in [0.05, 0.1) is 5.92 Å². The molecule has 118 valence electrons. The van der Waals surface area contributed by atoms with Crippen LogP contribution in [0.2, 0.25) is 0 Å². The van der Waals surface area contributed by atoms with Crippen LogP contribution in [-0.2, 0) is 9.53 Å². The summed E-state index contributed by atoms with van der Waals surface area (Å²) in [5, 5.41) is 0. The Balaban J connectivity index is 2.72. The van der Waals surface area contributed by atoms with Gasteiger partial charge in [-0.2, -0.15) is 0 Å². The summed E-state index contributed by atoms with van der Waals surface area (Å²) in [7, 11) is 0. The molecule has 0 aromatic heterocycles. The maximum absolute atomic E-state index is 12.4. The molecular weight excluding hydrogens is 272 g/mol. The van der Waals surface area contributed by atoms with Gasteiger partial charge in [-0.05, 0) is 44.1 Å². The van der Waals surface area contributed by atoms with Crippen molar-refractivity contribution in [2.75, 3.05) is 0 Å². The smallest absolute Gasteiger partial charge is 0.311 e. The van der Waals surface area contributed by atoms with Gasteiger partial charge < -0.3 is 4.74 Å². The van der Waals surface area contributed by atoms with Crippen molar-refractivity contribution in [1.82, 2.24) is 0 Å². The van der Waals surface area contributed by atoms with Gasteiger partial charge in [0.15, 0.2) is 6.10 Å². The van der Waals surface area contributed by atoms with Crippen molar-refractivity contribution < 1.29 is 9.53 Å². The molecule has 0 spiro atoms. The summed E-state index contributed by atoms with van der Waals surface area (Å²) in [6.07, 6.45) is 15.6. The number of ether oxygens (including phenoxy) is 1. The van der Waals surface area contributed by atoms with E-state index in [0.29, 0.717) is 6.42 Å². The normalized spacial score (nSPS) is 23.7. The third-order valence-electron chi connectivity index (χ3n) is 4.23. The van der Waals surface area contributed by atoms with Crippen LogP contribution >= 0.6 is 0 Å². The van der Waals surface area contributed by atoms with Crippen molar-refractivity contribution in [2.24, 2.45) is 17.3 Å². The van der Waals surface area contributed by atoms with Crippen LogP contribution in [0, 0.1) is 41.9 Å². The first-order valence-corrected chi connectivity index (χ1v) is 7.67. The molecule has 0 saturated heterocycles. The summed E-state index contributed by atoms with van der Waals surface area (Å²) in [6, 6.07) is 0. The van der Waals surface area contributed by atoms with Crippen molar-refractivity contribution in [1.29, 1.82) is 0 Å². The summed E-state index contributed by atoms with van der Waals surface area (Å²) in [5.74, 6) is 5.03. The minimum absolute atomic E-state index is 0.0609. The zero-order valence-electron chi connectivity index (χ0n) is 14.3. The number of allylic oxidation sites excluding steroid dienone is 3. The second kappa shape index (κ2) is 7.37. The Hall–Kier alpha value is -1.93. The molecule has 0 amide bonds. The van der Waals surface area contributed by atoms with Crippen LogP contribution in [0.15, 0.2) is 23.3 Å². The van der Waals surface area contributed by atoms with Crippen molar-refractivity contribution in [2.45, 2.75) is 53.6 Å². The first kappa shape index (κ1) is 18.1. The standard InChI is InChI=1S/C20H26O2/c1-8-10-11-12-15(5)17(9-2)22-19(21)18-16(13-14(3)4)20(18,6)7/h1-2,12-13,16-18H,10-11H2,3-7H3/b15-12+. The average Bonchev–Trinajstić information content (AvgIpc) is 2.96. The molecule has 1 aliphatic rings. The summed E-state index contributed by atoms with van der Waals surface area (Å²) in [4.78, 5) is 12.4. The number of carbonyl (C=O) groups excluding carboxylic acids is 1. The van der Waals surface area contributed by atoms with E-state index in [2.05, 4.69) is 31.8 Å². The Morgan fingerprint density at radius 3 is 2.45 bits per heavy atom. The number of hydrogen-bond acceptors (Lipinski definition) is 2. The largest absolute Gasteiger partial charge is 0.444 e. The van der Waals surface area contributed by atoms with E-state index in [1.807, 2.05) is 26.8 Å². The van der Waals surface area contributed by atoms with Gasteiger partial charge in [-0.3, -0.25) is 4.79 Å². The highest BCUT2D eigenvalue weighted by atomic mass is 16.5. The van der Waals surface area contributed by atoms with Crippen molar-refractivity contribution in [3.05, 3.63) is 23.3 Å². The minimum Gasteiger partial charge on any atom is -0.444 e. The van der Waals surface area contributed by atoms with Gasteiger partial charge in [0, 0.05) is 6.42 Å². The van der Waals surface area contributed by atoms with E-state index in [4.69, 9.17) is 17.6 Å². The van der Waals surface area contributed by atoms with Crippen LogP contribution in [0.25, 0.3) is 0 Å². The predicted octanol–water partition coefficient (Wildman–Crippen LogP) is 4.13. The Morgan fingerprint density at radius 2 is 1.95 bits per heavy atom. The van der Waals surface area contributed by atoms with Crippen LogP contribution in [0.1, 0.15) is 47.5 Å². The lowest BCUT2D eigenvalue weighted by Crippen LogP contribution is -2.20. The fourth-order valence-electron chi connectivity index (χ4n) is 2.74. The van der Waals surface area contributed by atoms with Gasteiger partial charge in [0.1, 0.15) is 0 Å². The molecule has 0 radical (unpaired) electrons. The zero-order valence-corrected chi connectivity index (χ0v) is 14.3. The van der Waals surface area contributed by atoms with E-state index < -0.39 is 6.10 Å². The SMILES string of the molecule is C#CCC/C=C(\C)C(C#C)OC(=O)C1C(C=C(C)C)C1(C)C. The van der Waals surface area contributed by atoms with Crippen LogP contribution in [0.5, 0.6) is 0 Å². The van der Waals surface area contributed by atoms with Gasteiger partial charge in [-0.1, -0.05) is 37.5 Å². The van der Waals surface area contributed by atoms with E-state index >= 15 is 0 Å². The van der Waals surface area contributed by atoms with Gasteiger partial charge in [-0.15, -0.1) is 18.8 Å². The van der Waals surface area contributed by atoms with Gasteiger partial charge >= 0.3 is 5.97 Å². The molecule has 22 heavy (non-hydrogen) atoms. The number of carbonyl (C=O) groups is 1. The first-order valence-electron chi connectivity index (χ1n) is 7.67. The Morgan fingerprint density at radius 1 is 1.32 bits per heavy atom. The molecule has 3 unspecified atom stereocenters. The molecule has 3 atom stereocenters. The molecule has 0 bridgehead atoms. The quantitative estimate of drug-likeness (QED) is 0.319. The first-order chi connectivity index (χ1) is 10.3. The van der Waals surface area contributed by atoms with E-state index in [9.17, 15) is 4.79 Å². The maximum atomic E-state index is 12.4. The highest BCUT2D eigenvalue weighted by Crippen LogP contribution is 2.59. The van der Waals surface area contributed by atoms with Crippen molar-refractivity contribution in [3.8, 4) is 24.7 Å². The Labute approximate surface area is 135 Å². The van der Waals surface area contributed by atoms with E-state index in [1.54, 1.807) is 0 Å². The molecule has 1 fully saturated rings. The lowest BCUT2D eigenvalue weighted by molar-refractivity contribution is -0.147. The molecule has 2 nitrogen and oxygen atoms in total. The van der Waals surface area contributed by atoms with Gasteiger partial charge in [0.2, 0.25) is 0 Å². The Kier molecular flexibility index (Phi) is 6.07. The lowest BCUT2D eigenvalue weighted by atomic mass is 10.1. The minimum atomic E-state index is -0.603. The molecule has 0 heterocycles. The third-order valence-corrected chi connectivity index (χ3v) is 4.23. The third kappa shape index (κ3) is 4.28. The molecule has 2 heteroatoms. The molecule has 0 aliphatic heterocycles. The predicted molar refractivity (Wildman–Crippen MR) is 90.7 cm³/mol. The number of rotatable bonds is 6. The van der Waals surface area contributed by atoms with Gasteiger partial charge in [0.25, 0.3) is 0 Å². The highest BCUT2D eigenvalue weighted by Gasteiger charge is 2.61. The monoisotopic (exact) mass is 298 g/mol. The molecule has 1 saturated carbocycles. The van der Waals surface area contributed by atoms with Crippen molar-refractivity contribution >= 4 is 5.97 Å². The van der Waals surface area contributed by atoms with Crippen LogP contribution < -0.4 is 0 Å². The molecule has 0 aromatic carbocycles.